The number of aliphatic hydroxyl groups is 2. The molecule has 2 heterocycles. The first-order valence-electron chi connectivity index (χ1n) is 17.4. The first-order valence-corrected chi connectivity index (χ1v) is 17.4. The molecular weight excluding hydrogens is 704 g/mol. The van der Waals surface area contributed by atoms with Gasteiger partial charge >= 0.3 is 12.2 Å². The molecule has 0 radical (unpaired) electrons. The van der Waals surface area contributed by atoms with Crippen molar-refractivity contribution in [1.82, 2.24) is 9.80 Å². The van der Waals surface area contributed by atoms with E-state index in [4.69, 9.17) is 23.7 Å². The first kappa shape index (κ1) is 41.0. The summed E-state index contributed by atoms with van der Waals surface area (Å²) in [7, 11) is 2.83. The monoisotopic (exact) mass is 752 g/mol. The van der Waals surface area contributed by atoms with Gasteiger partial charge in [-0.1, -0.05) is 37.0 Å². The molecule has 16 heteroatoms. The fraction of sp³-hybridized carbons (Fsp3) is 0.421. The minimum atomic E-state index is -1.37. The van der Waals surface area contributed by atoms with Gasteiger partial charge in [-0.05, 0) is 44.2 Å². The summed E-state index contributed by atoms with van der Waals surface area (Å²) in [5, 5.41) is 33.9. The lowest BCUT2D eigenvalue weighted by Crippen LogP contribution is -2.38. The molecule has 4 rings (SSSR count). The number of hydrogen-bond donors (Lipinski definition) is 5. The van der Waals surface area contributed by atoms with E-state index >= 15 is 0 Å². The van der Waals surface area contributed by atoms with Gasteiger partial charge in [-0.3, -0.25) is 20.2 Å². The highest BCUT2D eigenvalue weighted by atomic mass is 16.5. The molecule has 2 aliphatic heterocycles. The molecule has 2 saturated heterocycles. The van der Waals surface area contributed by atoms with E-state index in [0.29, 0.717) is 32.1 Å². The summed E-state index contributed by atoms with van der Waals surface area (Å²) >= 11 is 0. The minimum absolute atomic E-state index is 0.00879. The number of aliphatic hydroxyl groups excluding tert-OH is 2. The van der Waals surface area contributed by atoms with Crippen LogP contribution in [0.5, 0.6) is 23.0 Å². The average Bonchev–Trinajstić information content (AvgIpc) is 3.74. The number of carbonyl (C=O) groups excluding carboxylic acids is 3. The second-order valence-corrected chi connectivity index (χ2v) is 12.7. The third-order valence-electron chi connectivity index (χ3n) is 8.84. The number of unbranched alkanes of at least 4 members (excludes halogenated alkanes) is 2. The predicted octanol–water partition coefficient (Wildman–Crippen LogP) is 4.68. The topological polar surface area (TPSA) is 206 Å². The van der Waals surface area contributed by atoms with Gasteiger partial charge in [0.05, 0.1) is 75.2 Å². The van der Waals surface area contributed by atoms with Crippen LogP contribution in [0.25, 0.3) is 0 Å². The summed E-state index contributed by atoms with van der Waals surface area (Å²) in [6.07, 6.45) is 1.94. The molecule has 16 nitrogen and oxygen atoms in total. The number of amides is 4. The van der Waals surface area contributed by atoms with E-state index in [1.165, 1.54) is 54.4 Å². The van der Waals surface area contributed by atoms with E-state index in [1.54, 1.807) is 0 Å². The Balaban J connectivity index is 1.40. The highest BCUT2D eigenvalue weighted by Crippen LogP contribution is 2.38. The van der Waals surface area contributed by atoms with Crippen LogP contribution in [0.4, 0.5) is 21.0 Å². The highest BCUT2D eigenvalue weighted by molar-refractivity contribution is 6.05. The van der Waals surface area contributed by atoms with Crippen molar-refractivity contribution in [1.29, 1.82) is 0 Å². The van der Waals surface area contributed by atoms with Crippen LogP contribution in [0.3, 0.4) is 0 Å². The zero-order chi connectivity index (χ0) is 39.4. The van der Waals surface area contributed by atoms with Gasteiger partial charge in [0.1, 0.15) is 6.61 Å². The average molecular weight is 753 g/mol. The van der Waals surface area contributed by atoms with Crippen molar-refractivity contribution in [3.63, 3.8) is 0 Å². The van der Waals surface area contributed by atoms with Crippen LogP contribution in [0.2, 0.25) is 0 Å². The van der Waals surface area contributed by atoms with Gasteiger partial charge in [0.15, 0.2) is 23.0 Å². The van der Waals surface area contributed by atoms with E-state index in [0.717, 1.165) is 11.1 Å². The molecule has 2 aromatic carbocycles. The van der Waals surface area contributed by atoms with Gasteiger partial charge in [0.2, 0.25) is 0 Å². The molecule has 0 spiro atoms. The molecule has 0 saturated carbocycles. The zero-order valence-corrected chi connectivity index (χ0v) is 30.6. The van der Waals surface area contributed by atoms with Crippen LogP contribution in [-0.4, -0.2) is 122 Å². The van der Waals surface area contributed by atoms with Crippen LogP contribution >= 0.6 is 0 Å². The fourth-order valence-corrected chi connectivity index (χ4v) is 6.23. The standard InChI is InChI=1S/C38H48N4O12/c1-6-10-54-38(49)40-30-18-34(32(51-5)16-28(30)36(46)42-20-24(3)14-26(42)22-44)53-12-9-7-8-11-52-33-17-29(39-37(47)48)27(15-31(33)50-4)35(45)41-19-23(2)13-25(41)21-43/h6,15-18,25-26,39,43-44H,1-3,7-14,19-22H2,4-5H3,(H,40,49)(H,47,48). The molecule has 2 aromatic rings. The summed E-state index contributed by atoms with van der Waals surface area (Å²) in [5.41, 5.74) is 1.88. The van der Waals surface area contributed by atoms with E-state index in [1.807, 2.05) is 0 Å². The van der Waals surface area contributed by atoms with Gasteiger partial charge in [-0.25, -0.2) is 9.59 Å². The van der Waals surface area contributed by atoms with Gasteiger partial charge in [0, 0.05) is 25.2 Å². The van der Waals surface area contributed by atoms with Crippen molar-refractivity contribution in [2.24, 2.45) is 0 Å². The van der Waals surface area contributed by atoms with Crippen molar-refractivity contribution in [3.8, 4) is 23.0 Å². The maximum Gasteiger partial charge on any atom is 0.411 e. The molecule has 2 unspecified atom stereocenters. The lowest BCUT2D eigenvalue weighted by molar-refractivity contribution is 0.0674. The molecule has 0 aliphatic carbocycles. The zero-order valence-electron chi connectivity index (χ0n) is 30.6. The smallest absolute Gasteiger partial charge is 0.411 e. The largest absolute Gasteiger partial charge is 0.493 e. The predicted molar refractivity (Wildman–Crippen MR) is 199 cm³/mol. The number of benzene rings is 2. The van der Waals surface area contributed by atoms with Crippen LogP contribution < -0.4 is 29.6 Å². The lowest BCUT2D eigenvalue weighted by atomic mass is 10.1. The molecule has 2 aliphatic rings. The Morgan fingerprint density at radius 1 is 0.759 bits per heavy atom. The number of ether oxygens (including phenoxy) is 5. The lowest BCUT2D eigenvalue weighted by Gasteiger charge is -2.24. The Hall–Kier alpha value is -5.74. The van der Waals surface area contributed by atoms with Crippen molar-refractivity contribution in [3.05, 3.63) is 72.4 Å². The van der Waals surface area contributed by atoms with E-state index < -0.39 is 36.1 Å². The second kappa shape index (κ2) is 19.4. The Labute approximate surface area is 313 Å². The summed E-state index contributed by atoms with van der Waals surface area (Å²) < 4.78 is 28.0. The summed E-state index contributed by atoms with van der Waals surface area (Å²) in [4.78, 5) is 54.2. The highest BCUT2D eigenvalue weighted by Gasteiger charge is 2.34. The quantitative estimate of drug-likeness (QED) is 0.104. The molecular formula is C38H48N4O12. The number of nitrogens with one attached hydrogen (secondary N) is 2. The number of likely N-dealkylation sites (tertiary alicyclic amines) is 2. The summed E-state index contributed by atoms with van der Waals surface area (Å²) in [6, 6.07) is 4.84. The van der Waals surface area contributed by atoms with Crippen LogP contribution in [0.15, 0.2) is 61.2 Å². The van der Waals surface area contributed by atoms with Crippen molar-refractivity contribution >= 4 is 35.4 Å². The molecule has 4 amide bonds. The van der Waals surface area contributed by atoms with Crippen molar-refractivity contribution in [2.75, 3.05) is 71.0 Å². The number of carbonyl (C=O) groups is 4. The molecule has 0 bridgehead atoms. The molecule has 54 heavy (non-hydrogen) atoms. The van der Waals surface area contributed by atoms with Crippen molar-refractivity contribution < 1.29 is 58.2 Å². The van der Waals surface area contributed by atoms with Gasteiger partial charge in [-0.15, -0.1) is 0 Å². The molecule has 2 atom stereocenters. The Bertz CT molecular complexity index is 1740. The Morgan fingerprint density at radius 3 is 1.63 bits per heavy atom. The second-order valence-electron chi connectivity index (χ2n) is 12.7. The maximum atomic E-state index is 13.7. The number of rotatable bonds is 18. The molecule has 5 N–H and O–H groups in total. The molecule has 2 fully saturated rings. The van der Waals surface area contributed by atoms with Gasteiger partial charge < -0.3 is 48.8 Å². The number of nitrogens with zero attached hydrogens (tertiary/aromatic N) is 2. The number of carboxylic acid groups (broad SMARTS) is 1. The molecule has 0 aromatic heterocycles. The van der Waals surface area contributed by atoms with Gasteiger partial charge in [-0.2, -0.15) is 0 Å². The normalized spacial score (nSPS) is 16.5. The summed E-state index contributed by atoms with van der Waals surface area (Å²) in [6.45, 7) is 11.8. The van der Waals surface area contributed by atoms with Crippen molar-refractivity contribution in [2.45, 2.75) is 44.2 Å². The van der Waals surface area contributed by atoms with Crippen LogP contribution in [0.1, 0.15) is 52.8 Å². The minimum Gasteiger partial charge on any atom is -0.493 e. The number of hydrogen-bond acceptors (Lipinski definition) is 11. The maximum absolute atomic E-state index is 13.7. The Kier molecular flexibility index (Phi) is 14.7. The number of methoxy groups -OCH3 is 2. The first-order chi connectivity index (χ1) is 25.9. The third kappa shape index (κ3) is 10.2. The van der Waals surface area contributed by atoms with Crippen LogP contribution in [0, 0.1) is 0 Å². The SMILES string of the molecule is C=CCOC(=O)Nc1cc(OCCCCCOc2cc(NC(=O)O)c(C(=O)N3CC(=C)CC3CO)cc2OC)c(OC)cc1C(=O)N1CC(=C)CC1CO. The van der Waals surface area contributed by atoms with E-state index in [-0.39, 0.29) is 91.6 Å². The summed E-state index contributed by atoms with van der Waals surface area (Å²) in [5.74, 6) is 0.0657. The third-order valence-corrected chi connectivity index (χ3v) is 8.84. The fourth-order valence-electron chi connectivity index (χ4n) is 6.23. The van der Waals surface area contributed by atoms with Crippen LogP contribution in [-0.2, 0) is 4.74 Å². The van der Waals surface area contributed by atoms with E-state index in [9.17, 15) is 34.5 Å². The van der Waals surface area contributed by atoms with Gasteiger partial charge in [0.25, 0.3) is 11.8 Å². The molecule has 292 valence electrons. The van der Waals surface area contributed by atoms with E-state index in [2.05, 4.69) is 30.4 Å². The number of anilines is 2. The Morgan fingerprint density at radius 2 is 1.22 bits per heavy atom.